The van der Waals surface area contributed by atoms with E-state index in [0.717, 1.165) is 25.0 Å². The van der Waals surface area contributed by atoms with E-state index in [-0.39, 0.29) is 12.3 Å². The van der Waals surface area contributed by atoms with E-state index in [2.05, 4.69) is 5.32 Å². The van der Waals surface area contributed by atoms with Crippen LogP contribution in [0.3, 0.4) is 0 Å². The van der Waals surface area contributed by atoms with Crippen LogP contribution in [0.2, 0.25) is 0 Å². The van der Waals surface area contributed by atoms with Crippen molar-refractivity contribution in [1.82, 2.24) is 5.32 Å². The SMILES string of the molecule is CCOc1ccc(C(=O)NCCCCCCC(=O)O)cc1. The maximum atomic E-state index is 11.9. The monoisotopic (exact) mass is 293 g/mol. The number of amides is 1. The molecule has 21 heavy (non-hydrogen) atoms. The molecule has 0 unspecified atom stereocenters. The fourth-order valence-electron chi connectivity index (χ4n) is 1.93. The molecule has 0 saturated carbocycles. The second-order valence-corrected chi connectivity index (χ2v) is 4.77. The molecule has 0 spiro atoms. The van der Waals surface area contributed by atoms with Gasteiger partial charge in [0.1, 0.15) is 5.75 Å². The molecular formula is C16H23NO4. The zero-order chi connectivity index (χ0) is 15.5. The summed E-state index contributed by atoms with van der Waals surface area (Å²) in [5.41, 5.74) is 0.615. The number of carbonyl (C=O) groups is 2. The predicted molar refractivity (Wildman–Crippen MR) is 80.7 cm³/mol. The first-order chi connectivity index (χ1) is 10.1. The first-order valence-electron chi connectivity index (χ1n) is 7.36. The van der Waals surface area contributed by atoms with E-state index in [1.54, 1.807) is 24.3 Å². The molecule has 1 rings (SSSR count). The van der Waals surface area contributed by atoms with Crippen molar-refractivity contribution in [2.75, 3.05) is 13.2 Å². The third kappa shape index (κ3) is 7.34. The number of hydrogen-bond acceptors (Lipinski definition) is 3. The summed E-state index contributed by atoms with van der Waals surface area (Å²) in [6.07, 6.45) is 3.59. The number of carbonyl (C=O) groups excluding carboxylic acids is 1. The topological polar surface area (TPSA) is 75.6 Å². The van der Waals surface area contributed by atoms with Crippen molar-refractivity contribution in [3.63, 3.8) is 0 Å². The predicted octanol–water partition coefficient (Wildman–Crippen LogP) is 2.85. The highest BCUT2D eigenvalue weighted by Gasteiger charge is 2.04. The number of hydrogen-bond donors (Lipinski definition) is 2. The van der Waals surface area contributed by atoms with Gasteiger partial charge in [-0.25, -0.2) is 0 Å². The van der Waals surface area contributed by atoms with E-state index in [1.165, 1.54) is 0 Å². The highest BCUT2D eigenvalue weighted by Crippen LogP contribution is 2.12. The third-order valence-electron chi connectivity index (χ3n) is 3.03. The van der Waals surface area contributed by atoms with Crippen molar-refractivity contribution in [3.05, 3.63) is 29.8 Å². The lowest BCUT2D eigenvalue weighted by Gasteiger charge is -2.06. The van der Waals surface area contributed by atoms with Crippen LogP contribution in [0.15, 0.2) is 24.3 Å². The summed E-state index contributed by atoms with van der Waals surface area (Å²) in [7, 11) is 0. The first kappa shape index (κ1) is 17.0. The van der Waals surface area contributed by atoms with E-state index in [0.29, 0.717) is 25.1 Å². The van der Waals surface area contributed by atoms with Crippen molar-refractivity contribution in [2.24, 2.45) is 0 Å². The van der Waals surface area contributed by atoms with Gasteiger partial charge in [-0.05, 0) is 44.0 Å². The van der Waals surface area contributed by atoms with Crippen LogP contribution >= 0.6 is 0 Å². The molecule has 116 valence electrons. The van der Waals surface area contributed by atoms with Crippen LogP contribution in [0.1, 0.15) is 49.4 Å². The van der Waals surface area contributed by atoms with E-state index in [1.807, 2.05) is 6.92 Å². The zero-order valence-corrected chi connectivity index (χ0v) is 12.4. The van der Waals surface area contributed by atoms with Crippen molar-refractivity contribution in [3.8, 4) is 5.75 Å². The molecule has 0 saturated heterocycles. The van der Waals surface area contributed by atoms with Gasteiger partial charge in [-0.3, -0.25) is 9.59 Å². The number of nitrogens with one attached hydrogen (secondary N) is 1. The Bertz CT molecular complexity index is 442. The fourth-order valence-corrected chi connectivity index (χ4v) is 1.93. The van der Waals surface area contributed by atoms with Gasteiger partial charge in [0.2, 0.25) is 0 Å². The van der Waals surface area contributed by atoms with E-state index >= 15 is 0 Å². The maximum absolute atomic E-state index is 11.9. The molecule has 2 N–H and O–H groups in total. The molecule has 1 amide bonds. The number of benzene rings is 1. The normalized spacial score (nSPS) is 10.1. The fraction of sp³-hybridized carbons (Fsp3) is 0.500. The van der Waals surface area contributed by atoms with Gasteiger partial charge in [-0.1, -0.05) is 12.8 Å². The highest BCUT2D eigenvalue weighted by molar-refractivity contribution is 5.94. The van der Waals surface area contributed by atoms with Gasteiger partial charge in [0.05, 0.1) is 6.61 Å². The van der Waals surface area contributed by atoms with Gasteiger partial charge >= 0.3 is 5.97 Å². The summed E-state index contributed by atoms with van der Waals surface area (Å²) in [4.78, 5) is 22.2. The Hall–Kier alpha value is -2.04. The third-order valence-corrected chi connectivity index (χ3v) is 3.03. The summed E-state index contributed by atoms with van der Waals surface area (Å²) in [5.74, 6) is -0.0881. The van der Waals surface area contributed by atoms with Crippen molar-refractivity contribution in [1.29, 1.82) is 0 Å². The van der Waals surface area contributed by atoms with Gasteiger partial charge in [-0.2, -0.15) is 0 Å². The second kappa shape index (κ2) is 9.80. The number of carboxylic acid groups (broad SMARTS) is 1. The average molecular weight is 293 g/mol. The molecule has 5 nitrogen and oxygen atoms in total. The number of carboxylic acids is 1. The minimum atomic E-state index is -0.751. The number of unbranched alkanes of at least 4 members (excludes halogenated alkanes) is 3. The quantitative estimate of drug-likeness (QED) is 0.650. The summed E-state index contributed by atoms with van der Waals surface area (Å²) < 4.78 is 5.32. The van der Waals surface area contributed by atoms with Crippen LogP contribution in [0.5, 0.6) is 5.75 Å². The number of rotatable bonds is 10. The Balaban J connectivity index is 2.17. The van der Waals surface area contributed by atoms with Crippen molar-refractivity contribution >= 4 is 11.9 Å². The van der Waals surface area contributed by atoms with Gasteiger partial charge in [0.25, 0.3) is 5.91 Å². The lowest BCUT2D eigenvalue weighted by molar-refractivity contribution is -0.137. The largest absolute Gasteiger partial charge is 0.494 e. The number of ether oxygens (including phenoxy) is 1. The molecule has 0 aliphatic rings. The minimum absolute atomic E-state index is 0.0939. The molecule has 1 aromatic rings. The minimum Gasteiger partial charge on any atom is -0.494 e. The molecule has 0 aliphatic carbocycles. The second-order valence-electron chi connectivity index (χ2n) is 4.77. The first-order valence-corrected chi connectivity index (χ1v) is 7.36. The summed E-state index contributed by atoms with van der Waals surface area (Å²) in [6.45, 7) is 3.13. The maximum Gasteiger partial charge on any atom is 0.303 e. The molecule has 0 heterocycles. The van der Waals surface area contributed by atoms with Crippen LogP contribution in [0.25, 0.3) is 0 Å². The zero-order valence-electron chi connectivity index (χ0n) is 12.4. The Kier molecular flexibility index (Phi) is 7.94. The Labute approximate surface area is 125 Å². The van der Waals surface area contributed by atoms with Crippen molar-refractivity contribution < 1.29 is 19.4 Å². The van der Waals surface area contributed by atoms with E-state index in [4.69, 9.17) is 9.84 Å². The van der Waals surface area contributed by atoms with Gasteiger partial charge < -0.3 is 15.2 Å². The van der Waals surface area contributed by atoms with Gasteiger partial charge in [0, 0.05) is 18.5 Å². The molecule has 0 aromatic heterocycles. The van der Waals surface area contributed by atoms with Gasteiger partial charge in [-0.15, -0.1) is 0 Å². The van der Waals surface area contributed by atoms with Crippen molar-refractivity contribution in [2.45, 2.75) is 39.0 Å². The smallest absolute Gasteiger partial charge is 0.303 e. The molecular weight excluding hydrogens is 270 g/mol. The van der Waals surface area contributed by atoms with E-state index in [9.17, 15) is 9.59 Å². The molecule has 0 fully saturated rings. The standard InChI is InChI=1S/C16H23NO4/c1-2-21-14-10-8-13(9-11-14)16(20)17-12-6-4-3-5-7-15(18)19/h8-11H,2-7,12H2,1H3,(H,17,20)(H,18,19). The highest BCUT2D eigenvalue weighted by atomic mass is 16.5. The molecule has 0 atom stereocenters. The summed E-state index contributed by atoms with van der Waals surface area (Å²) >= 11 is 0. The van der Waals surface area contributed by atoms with Crippen LogP contribution in [-0.4, -0.2) is 30.1 Å². The Morgan fingerprint density at radius 2 is 1.76 bits per heavy atom. The number of aliphatic carboxylic acids is 1. The molecule has 1 aromatic carbocycles. The molecule has 0 radical (unpaired) electrons. The molecule has 5 heteroatoms. The summed E-state index contributed by atoms with van der Waals surface area (Å²) in [6, 6.07) is 7.05. The van der Waals surface area contributed by atoms with E-state index < -0.39 is 5.97 Å². The van der Waals surface area contributed by atoms with Gasteiger partial charge in [0.15, 0.2) is 0 Å². The molecule has 0 bridgehead atoms. The lowest BCUT2D eigenvalue weighted by atomic mass is 10.1. The lowest BCUT2D eigenvalue weighted by Crippen LogP contribution is -2.24. The molecule has 0 aliphatic heterocycles. The Morgan fingerprint density at radius 1 is 1.10 bits per heavy atom. The van der Waals surface area contributed by atoms with Crippen LogP contribution in [-0.2, 0) is 4.79 Å². The Morgan fingerprint density at radius 3 is 2.38 bits per heavy atom. The van der Waals surface area contributed by atoms with Crippen LogP contribution in [0, 0.1) is 0 Å². The average Bonchev–Trinajstić information content (AvgIpc) is 2.47. The van der Waals surface area contributed by atoms with Crippen LogP contribution in [0.4, 0.5) is 0 Å². The van der Waals surface area contributed by atoms with Crippen LogP contribution < -0.4 is 10.1 Å². The summed E-state index contributed by atoms with van der Waals surface area (Å²) in [5, 5.41) is 11.4.